The van der Waals surface area contributed by atoms with Crippen molar-refractivity contribution in [3.05, 3.63) is 61.4 Å². The number of hydrogen-bond donors (Lipinski definition) is 2. The van der Waals surface area contributed by atoms with Crippen LogP contribution in [0.4, 0.5) is 4.39 Å². The zero-order valence-corrected chi connectivity index (χ0v) is 23.5. The first-order chi connectivity index (χ1) is 18.7. The van der Waals surface area contributed by atoms with E-state index >= 15 is 0 Å². The number of aliphatic carboxylic acids is 1. The zero-order chi connectivity index (χ0) is 28.1. The second-order valence-electron chi connectivity index (χ2n) is 8.58. The highest BCUT2D eigenvalue weighted by Crippen LogP contribution is 2.37. The molecular formula is C25H26BrFN4O7S. The molecule has 1 saturated heterocycles. The van der Waals surface area contributed by atoms with Gasteiger partial charge in [-0.3, -0.25) is 19.5 Å². The number of aliphatic imine (C=N–C) groups is 1. The summed E-state index contributed by atoms with van der Waals surface area (Å²) in [6.07, 6.45) is -0.0297. The Labute approximate surface area is 235 Å². The number of ether oxygens (including phenoxy) is 3. The maximum atomic E-state index is 14.0. The SMILES string of the molecule is CCOC(=O)C1=C(CN2CCOC[C@H]2C(=O)O)NC(c2nc(CC(=O)OC)cs2)=NC1c1ccc(F)cc1Br. The Hall–Kier alpha value is -3.20. The number of benzene rings is 1. The van der Waals surface area contributed by atoms with Crippen LogP contribution in [0.2, 0.25) is 0 Å². The van der Waals surface area contributed by atoms with Crippen molar-refractivity contribution < 1.29 is 38.1 Å². The van der Waals surface area contributed by atoms with E-state index in [2.05, 4.69) is 26.2 Å². The molecule has 0 saturated carbocycles. The molecule has 14 heteroatoms. The zero-order valence-electron chi connectivity index (χ0n) is 21.1. The van der Waals surface area contributed by atoms with Gasteiger partial charge >= 0.3 is 17.9 Å². The molecule has 208 valence electrons. The van der Waals surface area contributed by atoms with Crippen LogP contribution in [0, 0.1) is 5.82 Å². The van der Waals surface area contributed by atoms with Crippen molar-refractivity contribution >= 4 is 51.0 Å². The number of aromatic nitrogens is 1. The number of halogens is 2. The predicted octanol–water partition coefficient (Wildman–Crippen LogP) is 2.45. The van der Waals surface area contributed by atoms with Gasteiger partial charge in [-0.1, -0.05) is 22.0 Å². The lowest BCUT2D eigenvalue weighted by atomic mass is 9.95. The topological polar surface area (TPSA) is 140 Å². The van der Waals surface area contributed by atoms with Gasteiger partial charge in [0.25, 0.3) is 0 Å². The molecule has 39 heavy (non-hydrogen) atoms. The molecule has 0 amide bonds. The van der Waals surface area contributed by atoms with Crippen LogP contribution in [-0.4, -0.2) is 84.8 Å². The minimum absolute atomic E-state index is 0.00535. The quantitative estimate of drug-likeness (QED) is 0.400. The predicted molar refractivity (Wildman–Crippen MR) is 142 cm³/mol. The molecule has 2 atom stereocenters. The van der Waals surface area contributed by atoms with Gasteiger partial charge in [-0.25, -0.2) is 14.2 Å². The normalized spacial score (nSPS) is 19.7. The van der Waals surface area contributed by atoms with Crippen molar-refractivity contribution in [1.29, 1.82) is 0 Å². The van der Waals surface area contributed by atoms with Gasteiger partial charge in [0.15, 0.2) is 10.8 Å². The van der Waals surface area contributed by atoms with E-state index in [0.717, 1.165) is 0 Å². The number of thiazole rings is 1. The lowest BCUT2D eigenvalue weighted by Gasteiger charge is -2.35. The number of methoxy groups -OCH3 is 1. The van der Waals surface area contributed by atoms with E-state index in [4.69, 9.17) is 19.2 Å². The molecular weight excluding hydrogens is 599 g/mol. The number of carboxylic acids is 1. The number of carbonyl (C=O) groups is 3. The van der Waals surface area contributed by atoms with Gasteiger partial charge in [-0.15, -0.1) is 11.3 Å². The van der Waals surface area contributed by atoms with E-state index in [1.165, 1.54) is 36.6 Å². The molecule has 3 heterocycles. The largest absolute Gasteiger partial charge is 0.480 e. The Balaban J connectivity index is 1.82. The lowest BCUT2D eigenvalue weighted by Crippen LogP contribution is -2.52. The monoisotopic (exact) mass is 624 g/mol. The average molecular weight is 625 g/mol. The summed E-state index contributed by atoms with van der Waals surface area (Å²) in [5, 5.41) is 15.1. The molecule has 1 aromatic carbocycles. The third kappa shape index (κ3) is 6.69. The second kappa shape index (κ2) is 12.8. The second-order valence-corrected chi connectivity index (χ2v) is 10.3. The van der Waals surface area contributed by atoms with Gasteiger partial charge in [-0.2, -0.15) is 0 Å². The Morgan fingerprint density at radius 2 is 2.15 bits per heavy atom. The van der Waals surface area contributed by atoms with E-state index in [-0.39, 0.29) is 31.8 Å². The summed E-state index contributed by atoms with van der Waals surface area (Å²) >= 11 is 4.62. The first kappa shape index (κ1) is 28.8. The molecule has 1 aromatic heterocycles. The van der Waals surface area contributed by atoms with Crippen LogP contribution in [0.1, 0.15) is 29.2 Å². The van der Waals surface area contributed by atoms with Crippen LogP contribution in [0.15, 0.2) is 44.3 Å². The molecule has 2 N–H and O–H groups in total. The summed E-state index contributed by atoms with van der Waals surface area (Å²) in [5.41, 5.74) is 1.51. The molecule has 11 nitrogen and oxygen atoms in total. The molecule has 1 unspecified atom stereocenters. The highest BCUT2D eigenvalue weighted by molar-refractivity contribution is 9.10. The van der Waals surface area contributed by atoms with Gasteiger partial charge in [0.05, 0.1) is 44.6 Å². The fourth-order valence-electron chi connectivity index (χ4n) is 4.20. The molecule has 0 aliphatic carbocycles. The summed E-state index contributed by atoms with van der Waals surface area (Å²) in [6, 6.07) is 2.20. The first-order valence-electron chi connectivity index (χ1n) is 12.0. The van der Waals surface area contributed by atoms with Crippen LogP contribution < -0.4 is 5.32 Å². The van der Waals surface area contributed by atoms with Crippen LogP contribution in [0.3, 0.4) is 0 Å². The molecule has 4 rings (SSSR count). The van der Waals surface area contributed by atoms with E-state index in [1.807, 2.05) is 0 Å². The summed E-state index contributed by atoms with van der Waals surface area (Å²) < 4.78 is 29.8. The minimum Gasteiger partial charge on any atom is -0.480 e. The summed E-state index contributed by atoms with van der Waals surface area (Å²) in [6.45, 7) is 2.45. The van der Waals surface area contributed by atoms with Gasteiger partial charge < -0.3 is 24.6 Å². The van der Waals surface area contributed by atoms with Crippen LogP contribution in [-0.2, 0) is 35.0 Å². The Kier molecular flexibility index (Phi) is 9.43. The number of morpholine rings is 1. The van der Waals surface area contributed by atoms with E-state index < -0.39 is 35.8 Å². The standard InChI is InChI=1S/C25H26BrFN4O7S/c1-3-38-25(35)20-17(10-31-6-7-37-11-18(31)24(33)34)29-22(23-28-14(12-39-23)9-19(32)36-2)30-21(20)15-5-4-13(27)8-16(15)26/h4-5,8,12,18,21H,3,6-7,9-11H2,1-2H3,(H,29,30)(H,33,34)/t18-,21?/m0/s1. The highest BCUT2D eigenvalue weighted by Gasteiger charge is 2.37. The van der Waals surface area contributed by atoms with Crippen molar-refractivity contribution in [1.82, 2.24) is 15.2 Å². The maximum Gasteiger partial charge on any atom is 0.338 e. The fraction of sp³-hybridized carbons (Fsp3) is 0.400. The highest BCUT2D eigenvalue weighted by atomic mass is 79.9. The van der Waals surface area contributed by atoms with E-state index in [1.54, 1.807) is 17.2 Å². The number of carbonyl (C=O) groups excluding carboxylic acids is 2. The Bertz CT molecular complexity index is 1330. The van der Waals surface area contributed by atoms with E-state index in [9.17, 15) is 23.9 Å². The van der Waals surface area contributed by atoms with Gasteiger partial charge in [0.2, 0.25) is 0 Å². The lowest BCUT2D eigenvalue weighted by molar-refractivity contribution is -0.149. The molecule has 0 spiro atoms. The Morgan fingerprint density at radius 1 is 1.36 bits per heavy atom. The molecule has 0 bridgehead atoms. The van der Waals surface area contributed by atoms with Crippen LogP contribution >= 0.6 is 27.3 Å². The first-order valence-corrected chi connectivity index (χ1v) is 13.6. The fourth-order valence-corrected chi connectivity index (χ4v) is 5.54. The third-order valence-electron chi connectivity index (χ3n) is 6.07. The van der Waals surface area contributed by atoms with Crippen LogP contribution in [0.5, 0.6) is 0 Å². The molecule has 1 fully saturated rings. The van der Waals surface area contributed by atoms with Gasteiger partial charge in [0, 0.05) is 28.6 Å². The van der Waals surface area contributed by atoms with Gasteiger partial charge in [-0.05, 0) is 24.6 Å². The smallest absolute Gasteiger partial charge is 0.338 e. The average Bonchev–Trinajstić information content (AvgIpc) is 3.37. The number of rotatable bonds is 9. The summed E-state index contributed by atoms with van der Waals surface area (Å²) in [7, 11) is 1.29. The minimum atomic E-state index is -1.05. The van der Waals surface area contributed by atoms with Crippen molar-refractivity contribution in [3.63, 3.8) is 0 Å². The van der Waals surface area contributed by atoms with Gasteiger partial charge in [0.1, 0.15) is 17.9 Å². The Morgan fingerprint density at radius 3 is 2.85 bits per heavy atom. The van der Waals surface area contributed by atoms with Crippen LogP contribution in [0.25, 0.3) is 0 Å². The number of nitrogens with zero attached hydrogens (tertiary/aromatic N) is 3. The molecule has 2 aliphatic heterocycles. The van der Waals surface area contributed by atoms with Crippen molar-refractivity contribution in [3.8, 4) is 0 Å². The number of amidine groups is 1. The van der Waals surface area contributed by atoms with Crippen molar-refractivity contribution in [2.45, 2.75) is 25.4 Å². The number of nitrogens with one attached hydrogen (secondary N) is 1. The summed E-state index contributed by atoms with van der Waals surface area (Å²) in [5.74, 6) is -2.32. The third-order valence-corrected chi connectivity index (χ3v) is 7.66. The maximum absolute atomic E-state index is 14.0. The molecule has 2 aromatic rings. The van der Waals surface area contributed by atoms with E-state index in [0.29, 0.717) is 45.4 Å². The number of esters is 2. The summed E-state index contributed by atoms with van der Waals surface area (Å²) in [4.78, 5) is 48.0. The number of carboxylic acid groups (broad SMARTS) is 1. The van der Waals surface area contributed by atoms with Crippen molar-refractivity contribution in [2.75, 3.05) is 40.0 Å². The molecule has 2 aliphatic rings. The molecule has 0 radical (unpaired) electrons. The van der Waals surface area contributed by atoms with Crippen molar-refractivity contribution in [2.24, 2.45) is 4.99 Å². The number of hydrogen-bond acceptors (Lipinski definition) is 11.